The molecule has 0 bridgehead atoms. The lowest BCUT2D eigenvalue weighted by molar-refractivity contribution is 0.122. The first kappa shape index (κ1) is 22.7. The van der Waals surface area contributed by atoms with Crippen LogP contribution in [0.25, 0.3) is 0 Å². The van der Waals surface area contributed by atoms with Crippen molar-refractivity contribution in [1.29, 1.82) is 0 Å². The van der Waals surface area contributed by atoms with E-state index in [1.807, 2.05) is 25.2 Å². The third kappa shape index (κ3) is 6.04. The van der Waals surface area contributed by atoms with Gasteiger partial charge in [-0.2, -0.15) is 0 Å². The molecule has 0 atom stereocenters. The highest BCUT2D eigenvalue weighted by Crippen LogP contribution is 2.26. The molecule has 0 unspecified atom stereocenters. The van der Waals surface area contributed by atoms with E-state index in [4.69, 9.17) is 19.2 Å². The van der Waals surface area contributed by atoms with Gasteiger partial charge in [-0.1, -0.05) is 18.2 Å². The number of rotatable bonds is 8. The van der Waals surface area contributed by atoms with E-state index in [2.05, 4.69) is 46.3 Å². The molecule has 1 fully saturated rings. The highest BCUT2D eigenvalue weighted by atomic mass is 16.5. The maximum atomic E-state index is 5.56. The lowest BCUT2D eigenvalue weighted by Gasteiger charge is -2.30. The monoisotopic (exact) mass is 426 g/mol. The van der Waals surface area contributed by atoms with Crippen molar-refractivity contribution in [3.05, 3.63) is 53.6 Å². The van der Waals surface area contributed by atoms with Crippen molar-refractivity contribution in [2.24, 2.45) is 4.99 Å². The Hall–Kier alpha value is -2.93. The van der Waals surface area contributed by atoms with Crippen LogP contribution >= 0.6 is 0 Å². The molecule has 1 N–H and O–H groups in total. The zero-order chi connectivity index (χ0) is 22.1. The van der Waals surface area contributed by atoms with Crippen LogP contribution < -0.4 is 19.7 Å². The second-order valence-corrected chi connectivity index (χ2v) is 7.43. The zero-order valence-electron chi connectivity index (χ0n) is 19.1. The summed E-state index contributed by atoms with van der Waals surface area (Å²) in [6, 6.07) is 14.4. The number of anilines is 1. The quantitative estimate of drug-likeness (QED) is 0.517. The maximum Gasteiger partial charge on any atom is 0.194 e. The number of nitrogens with one attached hydrogen (secondary N) is 1. The first-order chi connectivity index (χ1) is 15.2. The van der Waals surface area contributed by atoms with Crippen LogP contribution in [0.2, 0.25) is 0 Å². The number of benzene rings is 2. The zero-order valence-corrected chi connectivity index (χ0v) is 19.1. The van der Waals surface area contributed by atoms with E-state index in [0.717, 1.165) is 55.9 Å². The summed E-state index contributed by atoms with van der Waals surface area (Å²) in [5.74, 6) is 2.44. The van der Waals surface area contributed by atoms with Crippen LogP contribution in [0.3, 0.4) is 0 Å². The Morgan fingerprint density at radius 2 is 1.87 bits per heavy atom. The maximum absolute atomic E-state index is 5.56. The Morgan fingerprint density at radius 3 is 2.58 bits per heavy atom. The Kier molecular flexibility index (Phi) is 8.41. The smallest absolute Gasteiger partial charge is 0.194 e. The molecule has 7 heteroatoms. The van der Waals surface area contributed by atoms with Crippen LogP contribution in [0.4, 0.5) is 5.69 Å². The summed E-state index contributed by atoms with van der Waals surface area (Å²) >= 11 is 0. The molecular weight excluding hydrogens is 392 g/mol. The number of ether oxygens (including phenoxy) is 3. The topological polar surface area (TPSA) is 58.6 Å². The number of morpholine rings is 1. The van der Waals surface area contributed by atoms with Gasteiger partial charge in [0.1, 0.15) is 11.5 Å². The molecule has 0 saturated carbocycles. The number of hydrogen-bond donors (Lipinski definition) is 1. The average Bonchev–Trinajstić information content (AvgIpc) is 2.82. The standard InChI is InChI=1S/C24H34N4O3/c1-5-25-24(27(2)18-20-10-11-21(29-3)16-23(20)30-4)26-17-19-8-6-7-9-22(19)28-12-14-31-15-13-28/h6-11,16H,5,12-15,17-18H2,1-4H3,(H,25,26). The molecule has 0 aromatic heterocycles. The minimum atomic E-state index is 0.611. The molecule has 0 amide bonds. The molecule has 7 nitrogen and oxygen atoms in total. The third-order valence-electron chi connectivity index (χ3n) is 5.34. The molecule has 1 aliphatic heterocycles. The molecule has 31 heavy (non-hydrogen) atoms. The summed E-state index contributed by atoms with van der Waals surface area (Å²) in [5, 5.41) is 3.41. The van der Waals surface area contributed by atoms with Gasteiger partial charge >= 0.3 is 0 Å². The first-order valence-electron chi connectivity index (χ1n) is 10.8. The third-order valence-corrected chi connectivity index (χ3v) is 5.34. The van der Waals surface area contributed by atoms with E-state index in [-0.39, 0.29) is 0 Å². The second kappa shape index (κ2) is 11.5. The Balaban J connectivity index is 1.76. The lowest BCUT2D eigenvalue weighted by atomic mass is 10.1. The first-order valence-corrected chi connectivity index (χ1v) is 10.8. The fraction of sp³-hybridized carbons (Fsp3) is 0.458. The van der Waals surface area contributed by atoms with Crippen molar-refractivity contribution in [1.82, 2.24) is 10.2 Å². The van der Waals surface area contributed by atoms with Crippen molar-refractivity contribution in [3.8, 4) is 11.5 Å². The summed E-state index contributed by atoms with van der Waals surface area (Å²) in [6.45, 7) is 7.53. The fourth-order valence-corrected chi connectivity index (χ4v) is 3.70. The predicted molar refractivity (Wildman–Crippen MR) is 125 cm³/mol. The number of nitrogens with zero attached hydrogens (tertiary/aromatic N) is 3. The number of para-hydroxylation sites is 1. The minimum absolute atomic E-state index is 0.611. The second-order valence-electron chi connectivity index (χ2n) is 7.43. The average molecular weight is 427 g/mol. The van der Waals surface area contributed by atoms with Crippen molar-refractivity contribution in [3.63, 3.8) is 0 Å². The highest BCUT2D eigenvalue weighted by Gasteiger charge is 2.15. The molecular formula is C24H34N4O3. The van der Waals surface area contributed by atoms with Gasteiger partial charge in [-0.05, 0) is 30.7 Å². The van der Waals surface area contributed by atoms with E-state index in [1.54, 1.807) is 14.2 Å². The van der Waals surface area contributed by atoms with Crippen molar-refractivity contribution in [2.75, 3.05) is 59.0 Å². The molecule has 1 aliphatic rings. The summed E-state index contributed by atoms with van der Waals surface area (Å²) in [6.07, 6.45) is 0. The molecule has 0 aliphatic carbocycles. The number of guanidine groups is 1. The van der Waals surface area contributed by atoms with Gasteiger partial charge in [0.05, 0.1) is 34.0 Å². The van der Waals surface area contributed by atoms with Crippen LogP contribution in [0.15, 0.2) is 47.5 Å². The largest absolute Gasteiger partial charge is 0.497 e. The SMILES string of the molecule is CCNC(=NCc1ccccc1N1CCOCC1)N(C)Cc1ccc(OC)cc1OC. The minimum Gasteiger partial charge on any atom is -0.497 e. The molecule has 1 heterocycles. The van der Waals surface area contributed by atoms with Crippen LogP contribution in [-0.2, 0) is 17.8 Å². The van der Waals surface area contributed by atoms with Crippen LogP contribution in [0, 0.1) is 0 Å². The van der Waals surface area contributed by atoms with E-state index in [1.165, 1.54) is 11.3 Å². The Labute approximate surface area is 185 Å². The highest BCUT2D eigenvalue weighted by molar-refractivity contribution is 5.80. The van der Waals surface area contributed by atoms with Crippen LogP contribution in [-0.4, -0.2) is 65.0 Å². The summed E-state index contributed by atoms with van der Waals surface area (Å²) in [5.41, 5.74) is 3.53. The molecule has 2 aromatic rings. The van der Waals surface area contributed by atoms with E-state index >= 15 is 0 Å². The number of hydrogen-bond acceptors (Lipinski definition) is 5. The molecule has 3 rings (SSSR count). The summed E-state index contributed by atoms with van der Waals surface area (Å²) in [7, 11) is 5.38. The Morgan fingerprint density at radius 1 is 1.10 bits per heavy atom. The lowest BCUT2D eigenvalue weighted by Crippen LogP contribution is -2.38. The Bertz CT molecular complexity index is 866. The van der Waals surface area contributed by atoms with Gasteiger partial charge < -0.3 is 29.3 Å². The fourth-order valence-electron chi connectivity index (χ4n) is 3.70. The molecule has 0 spiro atoms. The van der Waals surface area contributed by atoms with Gasteiger partial charge in [0.25, 0.3) is 0 Å². The van der Waals surface area contributed by atoms with Gasteiger partial charge in [-0.3, -0.25) is 0 Å². The van der Waals surface area contributed by atoms with Crippen molar-refractivity contribution in [2.45, 2.75) is 20.0 Å². The summed E-state index contributed by atoms with van der Waals surface area (Å²) in [4.78, 5) is 9.43. The van der Waals surface area contributed by atoms with E-state index in [9.17, 15) is 0 Å². The van der Waals surface area contributed by atoms with Gasteiger partial charge in [-0.15, -0.1) is 0 Å². The van der Waals surface area contributed by atoms with Crippen molar-refractivity contribution < 1.29 is 14.2 Å². The van der Waals surface area contributed by atoms with E-state index < -0.39 is 0 Å². The van der Waals surface area contributed by atoms with Crippen LogP contribution in [0.1, 0.15) is 18.1 Å². The van der Waals surface area contributed by atoms with Crippen LogP contribution in [0.5, 0.6) is 11.5 Å². The molecule has 168 valence electrons. The van der Waals surface area contributed by atoms with Gasteiger partial charge in [0.2, 0.25) is 0 Å². The normalized spacial score (nSPS) is 14.3. The van der Waals surface area contributed by atoms with Gasteiger partial charge in [0, 0.05) is 50.5 Å². The summed E-state index contributed by atoms with van der Waals surface area (Å²) < 4.78 is 16.4. The number of aliphatic imine (C=N–C) groups is 1. The number of methoxy groups -OCH3 is 2. The molecule has 1 saturated heterocycles. The molecule has 2 aromatic carbocycles. The van der Waals surface area contributed by atoms with E-state index in [0.29, 0.717) is 13.1 Å². The van der Waals surface area contributed by atoms with Gasteiger partial charge in [-0.25, -0.2) is 4.99 Å². The molecule has 0 radical (unpaired) electrons. The van der Waals surface area contributed by atoms with Crippen molar-refractivity contribution >= 4 is 11.6 Å². The predicted octanol–water partition coefficient (Wildman–Crippen LogP) is 3.14. The van der Waals surface area contributed by atoms with Gasteiger partial charge in [0.15, 0.2) is 5.96 Å².